The Bertz CT molecular complexity index is 845. The van der Waals surface area contributed by atoms with Gasteiger partial charge in [0.05, 0.1) is 16.8 Å². The number of anilines is 1. The highest BCUT2D eigenvalue weighted by Crippen LogP contribution is 2.22. The summed E-state index contributed by atoms with van der Waals surface area (Å²) >= 11 is 0. The van der Waals surface area contributed by atoms with Crippen LogP contribution in [-0.4, -0.2) is 46.4 Å². The summed E-state index contributed by atoms with van der Waals surface area (Å²) in [5, 5.41) is 3.23. The number of hydrogen-bond acceptors (Lipinski definition) is 6. The van der Waals surface area contributed by atoms with Gasteiger partial charge in [0.1, 0.15) is 25.6 Å². The summed E-state index contributed by atoms with van der Waals surface area (Å²) in [6.45, 7) is 5.34. The Hall–Kier alpha value is -2.39. The number of halogens is 1. The average Bonchev–Trinajstić information content (AvgIpc) is 2.67. The Morgan fingerprint density at radius 3 is 2.50 bits per heavy atom. The molecule has 0 aliphatic carbocycles. The molecule has 2 N–H and O–H groups in total. The number of sulfonamides is 1. The highest BCUT2D eigenvalue weighted by atomic mass is 32.2. The highest BCUT2D eigenvalue weighted by Gasteiger charge is 2.15. The summed E-state index contributed by atoms with van der Waals surface area (Å²) in [6, 6.07) is 7.43. The largest absolute Gasteiger partial charge is 0.491 e. The average molecular weight is 411 g/mol. The molecule has 0 atom stereocenters. The van der Waals surface area contributed by atoms with Crippen molar-refractivity contribution < 1.29 is 22.3 Å². The van der Waals surface area contributed by atoms with Crippen LogP contribution in [0.4, 0.5) is 10.1 Å². The van der Waals surface area contributed by atoms with E-state index in [1.54, 1.807) is 13.0 Å². The molecule has 0 unspecified atom stereocenters. The van der Waals surface area contributed by atoms with Crippen molar-refractivity contribution in [3.8, 4) is 11.6 Å². The van der Waals surface area contributed by atoms with Gasteiger partial charge in [-0.25, -0.2) is 17.8 Å². The van der Waals surface area contributed by atoms with Gasteiger partial charge in [-0.2, -0.15) is 0 Å². The van der Waals surface area contributed by atoms with Crippen LogP contribution < -0.4 is 19.5 Å². The molecule has 0 radical (unpaired) electrons. The zero-order valence-electron chi connectivity index (χ0n) is 16.1. The maximum absolute atomic E-state index is 12.5. The SMILES string of the molecule is CCCNCCOc1ncc(NS(=O)(=O)c2ccc(OCCF)cc2)cc1C. The number of hydrogen-bond donors (Lipinski definition) is 2. The number of pyridine rings is 1. The van der Waals surface area contributed by atoms with E-state index in [2.05, 4.69) is 21.9 Å². The minimum Gasteiger partial charge on any atom is -0.491 e. The number of ether oxygens (including phenoxy) is 2. The maximum Gasteiger partial charge on any atom is 0.261 e. The first kappa shape index (κ1) is 21.9. The normalized spacial score (nSPS) is 11.2. The summed E-state index contributed by atoms with van der Waals surface area (Å²) in [6.07, 6.45) is 2.47. The molecule has 0 bridgehead atoms. The molecule has 2 aromatic rings. The lowest BCUT2D eigenvalue weighted by Gasteiger charge is -2.12. The minimum absolute atomic E-state index is 0.0695. The van der Waals surface area contributed by atoms with Gasteiger partial charge in [-0.3, -0.25) is 4.72 Å². The number of alkyl halides is 1. The van der Waals surface area contributed by atoms with Crippen LogP contribution in [0.15, 0.2) is 41.4 Å². The number of rotatable bonds is 12. The van der Waals surface area contributed by atoms with Gasteiger partial charge in [0.2, 0.25) is 5.88 Å². The molecule has 1 aromatic carbocycles. The van der Waals surface area contributed by atoms with Gasteiger partial charge in [0.15, 0.2) is 0 Å². The second kappa shape index (κ2) is 10.8. The fourth-order valence-corrected chi connectivity index (χ4v) is 3.41. The summed E-state index contributed by atoms with van der Waals surface area (Å²) in [4.78, 5) is 4.26. The van der Waals surface area contributed by atoms with E-state index in [1.807, 2.05) is 0 Å². The van der Waals surface area contributed by atoms with E-state index < -0.39 is 16.7 Å². The zero-order valence-corrected chi connectivity index (χ0v) is 16.9. The molecule has 0 fully saturated rings. The Balaban J connectivity index is 1.98. The van der Waals surface area contributed by atoms with Crippen molar-refractivity contribution in [2.24, 2.45) is 0 Å². The zero-order chi connectivity index (χ0) is 20.4. The fraction of sp³-hybridized carbons (Fsp3) is 0.421. The first-order valence-corrected chi connectivity index (χ1v) is 10.6. The molecule has 28 heavy (non-hydrogen) atoms. The van der Waals surface area contributed by atoms with Crippen LogP contribution in [0.3, 0.4) is 0 Å². The fourth-order valence-electron chi connectivity index (χ4n) is 2.38. The van der Waals surface area contributed by atoms with Crippen LogP contribution in [0.5, 0.6) is 11.6 Å². The van der Waals surface area contributed by atoms with E-state index in [0.29, 0.717) is 30.5 Å². The molecule has 0 amide bonds. The molecule has 0 spiro atoms. The number of aromatic nitrogens is 1. The maximum atomic E-state index is 12.5. The molecule has 7 nitrogen and oxygen atoms in total. The molecular formula is C19H26FN3O4S. The van der Waals surface area contributed by atoms with Crippen molar-refractivity contribution >= 4 is 15.7 Å². The topological polar surface area (TPSA) is 89.5 Å². The van der Waals surface area contributed by atoms with E-state index in [1.165, 1.54) is 30.5 Å². The van der Waals surface area contributed by atoms with Gasteiger partial charge in [0.25, 0.3) is 10.0 Å². The molecule has 0 saturated carbocycles. The van der Waals surface area contributed by atoms with Crippen molar-refractivity contribution in [3.05, 3.63) is 42.1 Å². The van der Waals surface area contributed by atoms with Gasteiger partial charge in [-0.1, -0.05) is 6.92 Å². The van der Waals surface area contributed by atoms with Crippen LogP contribution in [0.2, 0.25) is 0 Å². The lowest BCUT2D eigenvalue weighted by atomic mass is 10.3. The van der Waals surface area contributed by atoms with E-state index in [9.17, 15) is 12.8 Å². The Kier molecular flexibility index (Phi) is 8.46. The smallest absolute Gasteiger partial charge is 0.261 e. The van der Waals surface area contributed by atoms with Gasteiger partial charge in [-0.05, 0) is 50.2 Å². The third-order valence-electron chi connectivity index (χ3n) is 3.71. The van der Waals surface area contributed by atoms with Crippen LogP contribution in [0.1, 0.15) is 18.9 Å². The molecule has 9 heteroatoms. The Labute approximate surface area is 165 Å². The number of nitrogens with one attached hydrogen (secondary N) is 2. The molecule has 2 rings (SSSR count). The molecular weight excluding hydrogens is 385 g/mol. The van der Waals surface area contributed by atoms with Crippen LogP contribution in [0.25, 0.3) is 0 Å². The number of nitrogens with zero attached hydrogens (tertiary/aromatic N) is 1. The van der Waals surface area contributed by atoms with Crippen LogP contribution in [0, 0.1) is 6.92 Å². The summed E-state index contributed by atoms with van der Waals surface area (Å²) < 4.78 is 50.4. The minimum atomic E-state index is -3.78. The molecule has 0 aliphatic heterocycles. The lowest BCUT2D eigenvalue weighted by Crippen LogP contribution is -2.22. The van der Waals surface area contributed by atoms with Crippen molar-refractivity contribution in [1.82, 2.24) is 10.3 Å². The molecule has 154 valence electrons. The van der Waals surface area contributed by atoms with E-state index in [-0.39, 0.29) is 11.5 Å². The van der Waals surface area contributed by atoms with Crippen LogP contribution >= 0.6 is 0 Å². The predicted molar refractivity (Wildman–Crippen MR) is 106 cm³/mol. The molecule has 1 heterocycles. The third kappa shape index (κ3) is 6.65. The summed E-state index contributed by atoms with van der Waals surface area (Å²) in [5.74, 6) is 0.875. The van der Waals surface area contributed by atoms with Gasteiger partial charge < -0.3 is 14.8 Å². The Morgan fingerprint density at radius 1 is 1.11 bits per heavy atom. The van der Waals surface area contributed by atoms with E-state index in [4.69, 9.17) is 9.47 Å². The Morgan fingerprint density at radius 2 is 1.86 bits per heavy atom. The van der Waals surface area contributed by atoms with Gasteiger partial charge >= 0.3 is 0 Å². The summed E-state index contributed by atoms with van der Waals surface area (Å²) in [7, 11) is -3.78. The second-order valence-corrected chi connectivity index (χ2v) is 7.74. The monoisotopic (exact) mass is 411 g/mol. The predicted octanol–water partition coefficient (Wildman–Crippen LogP) is 2.92. The molecule has 0 aliphatic rings. The van der Waals surface area contributed by atoms with Gasteiger partial charge in [0, 0.05) is 12.1 Å². The van der Waals surface area contributed by atoms with E-state index >= 15 is 0 Å². The van der Waals surface area contributed by atoms with Crippen molar-refractivity contribution in [2.75, 3.05) is 37.7 Å². The third-order valence-corrected chi connectivity index (χ3v) is 5.10. The van der Waals surface area contributed by atoms with Crippen LogP contribution in [-0.2, 0) is 10.0 Å². The number of benzene rings is 1. The quantitative estimate of drug-likeness (QED) is 0.522. The second-order valence-electron chi connectivity index (χ2n) is 6.06. The first-order chi connectivity index (χ1) is 13.5. The van der Waals surface area contributed by atoms with E-state index in [0.717, 1.165) is 18.5 Å². The van der Waals surface area contributed by atoms with Crippen molar-refractivity contribution in [3.63, 3.8) is 0 Å². The molecule has 0 saturated heterocycles. The van der Waals surface area contributed by atoms with Crippen molar-refractivity contribution in [2.45, 2.75) is 25.2 Å². The standard InChI is InChI=1S/C19H26FN3O4S/c1-3-9-21-10-12-27-19-15(2)13-16(14-22-19)23-28(24,25)18-6-4-17(5-7-18)26-11-8-20/h4-7,13-14,21,23H,3,8-12H2,1-2H3. The molecule has 1 aromatic heterocycles. The summed E-state index contributed by atoms with van der Waals surface area (Å²) in [5.41, 5.74) is 1.07. The first-order valence-electron chi connectivity index (χ1n) is 9.08. The highest BCUT2D eigenvalue weighted by molar-refractivity contribution is 7.92. The lowest BCUT2D eigenvalue weighted by molar-refractivity contribution is 0.273. The van der Waals surface area contributed by atoms with Gasteiger partial charge in [-0.15, -0.1) is 0 Å². The van der Waals surface area contributed by atoms with Crippen molar-refractivity contribution in [1.29, 1.82) is 0 Å². The number of aryl methyl sites for hydroxylation is 1.